The summed E-state index contributed by atoms with van der Waals surface area (Å²) in [5, 5.41) is 12.6. The molecule has 2 aliphatic heterocycles. The first-order chi connectivity index (χ1) is 9.63. The SMILES string of the molecule is Nc1ccc(C(=O)O)c(NC2CCN3CCCC3C2)c1. The van der Waals surface area contributed by atoms with E-state index in [4.69, 9.17) is 5.73 Å². The van der Waals surface area contributed by atoms with Gasteiger partial charge in [-0.25, -0.2) is 4.79 Å². The molecule has 1 aromatic rings. The number of nitrogen functional groups attached to an aromatic ring is 1. The van der Waals surface area contributed by atoms with Crippen molar-refractivity contribution in [1.82, 2.24) is 4.90 Å². The van der Waals surface area contributed by atoms with E-state index >= 15 is 0 Å². The Morgan fingerprint density at radius 1 is 1.35 bits per heavy atom. The van der Waals surface area contributed by atoms with Gasteiger partial charge < -0.3 is 21.1 Å². The largest absolute Gasteiger partial charge is 0.478 e. The molecule has 1 aromatic carbocycles. The lowest BCUT2D eigenvalue weighted by molar-refractivity contribution is 0.0698. The molecule has 2 heterocycles. The van der Waals surface area contributed by atoms with Crippen molar-refractivity contribution < 1.29 is 9.90 Å². The first kappa shape index (κ1) is 13.2. The van der Waals surface area contributed by atoms with Gasteiger partial charge in [0.05, 0.1) is 11.3 Å². The maximum atomic E-state index is 11.3. The fourth-order valence-electron chi connectivity index (χ4n) is 3.44. The second kappa shape index (κ2) is 5.32. The number of nitrogens with two attached hydrogens (primary N) is 1. The third kappa shape index (κ3) is 2.58. The number of nitrogens with zero attached hydrogens (tertiary/aromatic N) is 1. The number of nitrogens with one attached hydrogen (secondary N) is 1. The Bertz CT molecular complexity index is 518. The van der Waals surface area contributed by atoms with Crippen LogP contribution in [0.1, 0.15) is 36.0 Å². The second-order valence-corrected chi connectivity index (χ2v) is 5.81. The predicted molar refractivity (Wildman–Crippen MR) is 79.1 cm³/mol. The van der Waals surface area contributed by atoms with Gasteiger partial charge in [0, 0.05) is 24.3 Å². The maximum absolute atomic E-state index is 11.3. The van der Waals surface area contributed by atoms with E-state index in [1.807, 2.05) is 0 Å². The van der Waals surface area contributed by atoms with E-state index in [0.717, 1.165) is 19.4 Å². The van der Waals surface area contributed by atoms with Crippen LogP contribution in [0, 0.1) is 0 Å². The van der Waals surface area contributed by atoms with Crippen LogP contribution >= 0.6 is 0 Å². The van der Waals surface area contributed by atoms with Crippen LogP contribution in [0.5, 0.6) is 0 Å². The average Bonchev–Trinajstić information content (AvgIpc) is 2.85. The number of carboxylic acid groups (broad SMARTS) is 1. The van der Waals surface area contributed by atoms with Gasteiger partial charge in [-0.05, 0) is 50.4 Å². The van der Waals surface area contributed by atoms with Gasteiger partial charge in [-0.3, -0.25) is 0 Å². The van der Waals surface area contributed by atoms with Gasteiger partial charge in [-0.15, -0.1) is 0 Å². The van der Waals surface area contributed by atoms with Crippen LogP contribution < -0.4 is 11.1 Å². The summed E-state index contributed by atoms with van der Waals surface area (Å²) >= 11 is 0. The number of piperidine rings is 1. The monoisotopic (exact) mass is 275 g/mol. The molecule has 0 saturated carbocycles. The first-order valence-electron chi connectivity index (χ1n) is 7.27. The van der Waals surface area contributed by atoms with Crippen LogP contribution in [0.4, 0.5) is 11.4 Å². The van der Waals surface area contributed by atoms with Crippen molar-refractivity contribution in [3.63, 3.8) is 0 Å². The number of aromatic carboxylic acids is 1. The van der Waals surface area contributed by atoms with Crippen LogP contribution in [0.2, 0.25) is 0 Å². The summed E-state index contributed by atoms with van der Waals surface area (Å²) < 4.78 is 0. The van der Waals surface area contributed by atoms with Crippen molar-refractivity contribution in [3.8, 4) is 0 Å². The molecule has 5 nitrogen and oxygen atoms in total. The second-order valence-electron chi connectivity index (χ2n) is 5.81. The molecule has 0 aliphatic carbocycles. The maximum Gasteiger partial charge on any atom is 0.337 e. The molecule has 2 aliphatic rings. The third-order valence-corrected chi connectivity index (χ3v) is 4.45. The number of hydrogen-bond donors (Lipinski definition) is 3. The Hall–Kier alpha value is -1.75. The smallest absolute Gasteiger partial charge is 0.337 e. The molecule has 0 aromatic heterocycles. The zero-order valence-electron chi connectivity index (χ0n) is 11.5. The zero-order valence-corrected chi connectivity index (χ0v) is 11.5. The van der Waals surface area contributed by atoms with Crippen LogP contribution in [0.15, 0.2) is 18.2 Å². The summed E-state index contributed by atoms with van der Waals surface area (Å²) in [5.41, 5.74) is 7.32. The number of benzene rings is 1. The lowest BCUT2D eigenvalue weighted by Crippen LogP contribution is -2.42. The lowest BCUT2D eigenvalue weighted by Gasteiger charge is -2.35. The Morgan fingerprint density at radius 3 is 3.00 bits per heavy atom. The van der Waals surface area contributed by atoms with Crippen molar-refractivity contribution in [2.75, 3.05) is 24.1 Å². The summed E-state index contributed by atoms with van der Waals surface area (Å²) in [5.74, 6) is -0.911. The minimum absolute atomic E-state index is 0.299. The molecule has 108 valence electrons. The van der Waals surface area contributed by atoms with Crippen LogP contribution in [0.25, 0.3) is 0 Å². The molecular weight excluding hydrogens is 254 g/mol. The highest BCUT2D eigenvalue weighted by Gasteiger charge is 2.31. The molecule has 0 radical (unpaired) electrons. The fraction of sp³-hybridized carbons (Fsp3) is 0.533. The van der Waals surface area contributed by atoms with Gasteiger partial charge in [0.1, 0.15) is 0 Å². The Kier molecular flexibility index (Phi) is 3.53. The number of carboxylic acids is 1. The molecule has 2 unspecified atom stereocenters. The van der Waals surface area contributed by atoms with Gasteiger partial charge in [0.25, 0.3) is 0 Å². The predicted octanol–water partition coefficient (Wildman–Crippen LogP) is 2.01. The highest BCUT2D eigenvalue weighted by Crippen LogP contribution is 2.29. The molecule has 20 heavy (non-hydrogen) atoms. The average molecular weight is 275 g/mol. The Balaban J connectivity index is 1.74. The van der Waals surface area contributed by atoms with Crippen LogP contribution in [-0.4, -0.2) is 41.1 Å². The Labute approximate surface area is 118 Å². The number of hydrogen-bond acceptors (Lipinski definition) is 4. The molecule has 0 bridgehead atoms. The summed E-state index contributed by atoms with van der Waals surface area (Å²) in [6, 6.07) is 5.94. The summed E-state index contributed by atoms with van der Waals surface area (Å²) in [6.45, 7) is 2.32. The third-order valence-electron chi connectivity index (χ3n) is 4.45. The van der Waals surface area contributed by atoms with Crippen LogP contribution in [0.3, 0.4) is 0 Å². The van der Waals surface area contributed by atoms with E-state index in [-0.39, 0.29) is 0 Å². The van der Waals surface area contributed by atoms with Crippen molar-refractivity contribution in [2.45, 2.75) is 37.8 Å². The number of anilines is 2. The molecule has 0 amide bonds. The van der Waals surface area contributed by atoms with E-state index < -0.39 is 5.97 Å². The van der Waals surface area contributed by atoms with E-state index in [0.29, 0.717) is 29.0 Å². The van der Waals surface area contributed by atoms with E-state index in [1.165, 1.54) is 19.4 Å². The minimum Gasteiger partial charge on any atom is -0.478 e. The van der Waals surface area contributed by atoms with Gasteiger partial charge >= 0.3 is 5.97 Å². The van der Waals surface area contributed by atoms with Gasteiger partial charge in [0.2, 0.25) is 0 Å². The fourth-order valence-corrected chi connectivity index (χ4v) is 3.44. The highest BCUT2D eigenvalue weighted by molar-refractivity contribution is 5.95. The standard InChI is InChI=1S/C15H21N3O2/c16-10-3-4-13(15(19)20)14(8-10)17-11-5-7-18-6-1-2-12(18)9-11/h3-4,8,11-12,17H,1-2,5-7,9,16H2,(H,19,20). The number of rotatable bonds is 3. The van der Waals surface area contributed by atoms with Gasteiger partial charge in [0.15, 0.2) is 0 Å². The van der Waals surface area contributed by atoms with Crippen molar-refractivity contribution in [3.05, 3.63) is 23.8 Å². The quantitative estimate of drug-likeness (QED) is 0.735. The van der Waals surface area contributed by atoms with Crippen molar-refractivity contribution >= 4 is 17.3 Å². The molecule has 0 spiro atoms. The topological polar surface area (TPSA) is 78.6 Å². The van der Waals surface area contributed by atoms with E-state index in [9.17, 15) is 9.90 Å². The molecular formula is C15H21N3O2. The molecule has 3 rings (SSSR count). The summed E-state index contributed by atoms with van der Waals surface area (Å²) in [4.78, 5) is 13.8. The molecule has 2 saturated heterocycles. The lowest BCUT2D eigenvalue weighted by atomic mass is 9.97. The summed E-state index contributed by atoms with van der Waals surface area (Å²) in [6.07, 6.45) is 4.70. The van der Waals surface area contributed by atoms with Gasteiger partial charge in [-0.2, -0.15) is 0 Å². The van der Waals surface area contributed by atoms with E-state index in [2.05, 4.69) is 10.2 Å². The van der Waals surface area contributed by atoms with Crippen molar-refractivity contribution in [1.29, 1.82) is 0 Å². The van der Waals surface area contributed by atoms with Crippen molar-refractivity contribution in [2.24, 2.45) is 0 Å². The minimum atomic E-state index is -0.911. The first-order valence-corrected chi connectivity index (χ1v) is 7.27. The van der Waals surface area contributed by atoms with Gasteiger partial charge in [-0.1, -0.05) is 0 Å². The zero-order chi connectivity index (χ0) is 14.1. The number of fused-ring (bicyclic) bond motifs is 1. The van der Waals surface area contributed by atoms with E-state index in [1.54, 1.807) is 18.2 Å². The number of carbonyl (C=O) groups is 1. The van der Waals surface area contributed by atoms with Crippen LogP contribution in [-0.2, 0) is 0 Å². The molecule has 4 N–H and O–H groups in total. The Morgan fingerprint density at radius 2 is 2.20 bits per heavy atom. The summed E-state index contributed by atoms with van der Waals surface area (Å²) in [7, 11) is 0. The molecule has 2 atom stereocenters. The molecule has 5 heteroatoms. The normalized spacial score (nSPS) is 26.2. The molecule has 2 fully saturated rings. The highest BCUT2D eigenvalue weighted by atomic mass is 16.4.